The average molecular weight is 156 g/mol. The molecule has 2 atom stereocenters. The van der Waals surface area contributed by atoms with Crippen molar-refractivity contribution in [3.63, 3.8) is 0 Å². The van der Waals surface area contributed by atoms with E-state index in [1.54, 1.807) is 0 Å². The van der Waals surface area contributed by atoms with Gasteiger partial charge in [0.2, 0.25) is 0 Å². The van der Waals surface area contributed by atoms with E-state index in [1.807, 2.05) is 0 Å². The first-order valence-corrected chi connectivity index (χ1v) is 4.59. The van der Waals surface area contributed by atoms with E-state index in [-0.39, 0.29) is 0 Å². The van der Waals surface area contributed by atoms with Crippen molar-refractivity contribution in [1.82, 2.24) is 10.0 Å². The van der Waals surface area contributed by atoms with Gasteiger partial charge in [0.1, 0.15) is 0 Å². The molecule has 0 saturated carbocycles. The van der Waals surface area contributed by atoms with Crippen LogP contribution in [0.4, 0.5) is 0 Å². The summed E-state index contributed by atoms with van der Waals surface area (Å²) in [5.74, 6) is 1.60. The third-order valence-electron chi connectivity index (χ3n) is 1.79. The molecule has 1 saturated heterocycles. The molecular formula is C9H20N2. The average Bonchev–Trinajstić information content (AvgIpc) is 2.43. The normalized spacial score (nSPS) is 30.0. The van der Waals surface area contributed by atoms with Crippen LogP contribution in [0.2, 0.25) is 0 Å². The molecule has 0 N–H and O–H groups in total. The zero-order valence-corrected chi connectivity index (χ0v) is 8.17. The lowest BCUT2D eigenvalue weighted by atomic mass is 10.2. The molecule has 0 aromatic rings. The lowest BCUT2D eigenvalue weighted by Gasteiger charge is -2.08. The van der Waals surface area contributed by atoms with E-state index in [0.717, 1.165) is 11.8 Å². The molecule has 1 rings (SSSR count). The molecule has 1 heterocycles. The van der Waals surface area contributed by atoms with Gasteiger partial charge in [-0.1, -0.05) is 27.7 Å². The molecular weight excluding hydrogens is 136 g/mol. The molecule has 1 fully saturated rings. The number of hydrogen-bond donors (Lipinski definition) is 0. The highest BCUT2D eigenvalue weighted by Crippen LogP contribution is 2.18. The lowest BCUT2D eigenvalue weighted by molar-refractivity contribution is 0.258. The Kier molecular flexibility index (Phi) is 2.90. The second kappa shape index (κ2) is 3.55. The van der Waals surface area contributed by atoms with E-state index >= 15 is 0 Å². The molecule has 0 aromatic heterocycles. The molecule has 0 radical (unpaired) electrons. The Labute approximate surface area is 70.1 Å². The molecule has 66 valence electrons. The number of hydrogen-bond acceptors (Lipinski definition) is 2. The summed E-state index contributed by atoms with van der Waals surface area (Å²) < 4.78 is 0. The van der Waals surface area contributed by atoms with E-state index < -0.39 is 0 Å². The maximum absolute atomic E-state index is 2.42. The van der Waals surface area contributed by atoms with Crippen LogP contribution in [0.1, 0.15) is 27.7 Å². The largest absolute Gasteiger partial charge is 0.225 e. The number of rotatable bonds is 4. The van der Waals surface area contributed by atoms with Gasteiger partial charge in [-0.3, -0.25) is 0 Å². The molecule has 0 amide bonds. The second-order valence-corrected chi connectivity index (χ2v) is 4.31. The van der Waals surface area contributed by atoms with Crippen molar-refractivity contribution < 1.29 is 0 Å². The first-order chi connectivity index (χ1) is 5.09. The molecule has 0 bridgehead atoms. The summed E-state index contributed by atoms with van der Waals surface area (Å²) >= 11 is 0. The second-order valence-electron chi connectivity index (χ2n) is 4.31. The number of hydrazine groups is 1. The maximum Gasteiger partial charge on any atom is 0.0787 e. The van der Waals surface area contributed by atoms with Crippen LogP contribution >= 0.6 is 0 Å². The smallest absolute Gasteiger partial charge is 0.0787 e. The minimum absolute atomic E-state index is 0.798. The molecule has 0 spiro atoms. The molecule has 0 aliphatic carbocycles. The van der Waals surface area contributed by atoms with Crippen molar-refractivity contribution in [2.75, 3.05) is 19.8 Å². The highest BCUT2D eigenvalue weighted by atomic mass is 15.8. The summed E-state index contributed by atoms with van der Waals surface area (Å²) in [6.45, 7) is 12.7. The standard InChI is InChI=1S/C9H20N2/c1-8(2)5-10-7-11(10)6-9(3)4/h8-9H,5-7H2,1-4H3. The molecule has 2 unspecified atom stereocenters. The van der Waals surface area contributed by atoms with Gasteiger partial charge in [0, 0.05) is 13.1 Å². The van der Waals surface area contributed by atoms with Crippen LogP contribution in [0.25, 0.3) is 0 Å². The van der Waals surface area contributed by atoms with Gasteiger partial charge in [0.25, 0.3) is 0 Å². The highest BCUT2D eigenvalue weighted by molar-refractivity contribution is 4.70. The zero-order valence-electron chi connectivity index (χ0n) is 8.17. The van der Waals surface area contributed by atoms with E-state index in [2.05, 4.69) is 37.7 Å². The topological polar surface area (TPSA) is 6.02 Å². The van der Waals surface area contributed by atoms with E-state index in [1.165, 1.54) is 19.8 Å². The first-order valence-electron chi connectivity index (χ1n) is 4.59. The van der Waals surface area contributed by atoms with Gasteiger partial charge in [-0.05, 0) is 11.8 Å². The summed E-state index contributed by atoms with van der Waals surface area (Å²) in [4.78, 5) is 0. The third kappa shape index (κ3) is 3.21. The van der Waals surface area contributed by atoms with Gasteiger partial charge in [-0.2, -0.15) is 0 Å². The summed E-state index contributed by atoms with van der Waals surface area (Å²) in [7, 11) is 0. The summed E-state index contributed by atoms with van der Waals surface area (Å²) in [5, 5.41) is 4.84. The fourth-order valence-electron chi connectivity index (χ4n) is 1.35. The van der Waals surface area contributed by atoms with Crippen LogP contribution in [0.5, 0.6) is 0 Å². The van der Waals surface area contributed by atoms with Crippen molar-refractivity contribution in [2.24, 2.45) is 11.8 Å². The highest BCUT2D eigenvalue weighted by Gasteiger charge is 2.30. The van der Waals surface area contributed by atoms with Crippen molar-refractivity contribution in [2.45, 2.75) is 27.7 Å². The first kappa shape index (κ1) is 9.01. The molecule has 1 aliphatic heterocycles. The monoisotopic (exact) mass is 156 g/mol. The Bertz CT molecular complexity index is 107. The van der Waals surface area contributed by atoms with Gasteiger partial charge in [0.15, 0.2) is 0 Å². The van der Waals surface area contributed by atoms with Gasteiger partial charge in [-0.15, -0.1) is 0 Å². The van der Waals surface area contributed by atoms with Crippen LogP contribution in [0.3, 0.4) is 0 Å². The Morgan fingerprint density at radius 2 is 1.27 bits per heavy atom. The number of nitrogens with zero attached hydrogens (tertiary/aromatic N) is 2. The van der Waals surface area contributed by atoms with Crippen molar-refractivity contribution >= 4 is 0 Å². The van der Waals surface area contributed by atoms with Crippen LogP contribution < -0.4 is 0 Å². The van der Waals surface area contributed by atoms with E-state index in [4.69, 9.17) is 0 Å². The summed E-state index contributed by atoms with van der Waals surface area (Å²) in [5.41, 5.74) is 0. The quantitative estimate of drug-likeness (QED) is 0.572. The predicted molar refractivity (Wildman–Crippen MR) is 48.0 cm³/mol. The fourth-order valence-corrected chi connectivity index (χ4v) is 1.35. The molecule has 2 heteroatoms. The van der Waals surface area contributed by atoms with Gasteiger partial charge >= 0.3 is 0 Å². The Balaban J connectivity index is 2.07. The van der Waals surface area contributed by atoms with Crippen molar-refractivity contribution in [3.05, 3.63) is 0 Å². The van der Waals surface area contributed by atoms with Crippen LogP contribution in [0.15, 0.2) is 0 Å². The molecule has 11 heavy (non-hydrogen) atoms. The van der Waals surface area contributed by atoms with Gasteiger partial charge in [-0.25, -0.2) is 10.0 Å². The maximum atomic E-state index is 2.42. The van der Waals surface area contributed by atoms with E-state index in [0.29, 0.717) is 0 Å². The predicted octanol–water partition coefficient (Wildman–Crippen LogP) is 1.79. The molecule has 0 aromatic carbocycles. The SMILES string of the molecule is CC(C)CN1CN1CC(C)C. The zero-order chi connectivity index (χ0) is 8.43. The molecule has 2 nitrogen and oxygen atoms in total. The fraction of sp³-hybridized carbons (Fsp3) is 1.00. The van der Waals surface area contributed by atoms with Crippen molar-refractivity contribution in [1.29, 1.82) is 0 Å². The van der Waals surface area contributed by atoms with E-state index in [9.17, 15) is 0 Å². The Hall–Kier alpha value is -0.0800. The van der Waals surface area contributed by atoms with Crippen molar-refractivity contribution in [3.8, 4) is 0 Å². The lowest BCUT2D eigenvalue weighted by Crippen LogP contribution is -2.16. The minimum atomic E-state index is 0.798. The Morgan fingerprint density at radius 1 is 0.909 bits per heavy atom. The minimum Gasteiger partial charge on any atom is -0.225 e. The Morgan fingerprint density at radius 3 is 1.55 bits per heavy atom. The van der Waals surface area contributed by atoms with Crippen LogP contribution in [-0.2, 0) is 0 Å². The molecule has 1 aliphatic rings. The van der Waals surface area contributed by atoms with Gasteiger partial charge < -0.3 is 0 Å². The van der Waals surface area contributed by atoms with Crippen LogP contribution in [-0.4, -0.2) is 29.8 Å². The van der Waals surface area contributed by atoms with Crippen LogP contribution in [0, 0.1) is 11.8 Å². The summed E-state index contributed by atoms with van der Waals surface area (Å²) in [6.07, 6.45) is 0. The van der Waals surface area contributed by atoms with Gasteiger partial charge in [0.05, 0.1) is 6.67 Å². The third-order valence-corrected chi connectivity index (χ3v) is 1.79. The summed E-state index contributed by atoms with van der Waals surface area (Å²) in [6, 6.07) is 0.